The molecule has 1 aromatic heterocycles. The van der Waals surface area contributed by atoms with Crippen LogP contribution < -0.4 is 10.6 Å². The average molecular weight is 246 g/mol. The van der Waals surface area contributed by atoms with Crippen molar-refractivity contribution in [2.45, 2.75) is 19.4 Å². The zero-order valence-electron chi connectivity index (χ0n) is 9.47. The van der Waals surface area contributed by atoms with Crippen molar-refractivity contribution in [3.05, 3.63) is 35.5 Å². The molecule has 88 valence electrons. The van der Waals surface area contributed by atoms with Crippen molar-refractivity contribution in [1.82, 2.24) is 9.59 Å². The van der Waals surface area contributed by atoms with E-state index in [0.717, 1.165) is 30.2 Å². The predicted octanol–water partition coefficient (Wildman–Crippen LogP) is 2.07. The quantitative estimate of drug-likeness (QED) is 0.881. The fourth-order valence-corrected chi connectivity index (χ4v) is 2.72. The molecule has 0 bridgehead atoms. The minimum Gasteiger partial charge on any atom is -0.388 e. The van der Waals surface area contributed by atoms with Gasteiger partial charge in [-0.25, -0.2) is 0 Å². The van der Waals surface area contributed by atoms with E-state index in [1.165, 1.54) is 29.2 Å². The molecule has 0 amide bonds. The van der Waals surface area contributed by atoms with Crippen LogP contribution in [0, 0.1) is 0 Å². The summed E-state index contributed by atoms with van der Waals surface area (Å²) in [5, 5.41) is 4.81. The summed E-state index contributed by atoms with van der Waals surface area (Å²) < 4.78 is 3.88. The van der Waals surface area contributed by atoms with Gasteiger partial charge in [-0.3, -0.25) is 0 Å². The maximum atomic E-state index is 5.84. The number of aromatic nitrogens is 2. The Morgan fingerprint density at radius 3 is 3.06 bits per heavy atom. The molecule has 5 heteroatoms. The first-order chi connectivity index (χ1) is 8.34. The van der Waals surface area contributed by atoms with Crippen LogP contribution in [0.15, 0.2) is 24.3 Å². The van der Waals surface area contributed by atoms with Gasteiger partial charge in [0.15, 0.2) is 0 Å². The fourth-order valence-electron chi connectivity index (χ4n) is 2.28. The molecule has 1 aliphatic heterocycles. The molecule has 1 aromatic carbocycles. The summed E-state index contributed by atoms with van der Waals surface area (Å²) in [6.45, 7) is 1.83. The summed E-state index contributed by atoms with van der Waals surface area (Å²) in [5.74, 6) is 0. The Kier molecular flexibility index (Phi) is 2.68. The van der Waals surface area contributed by atoms with Crippen molar-refractivity contribution in [2.75, 3.05) is 17.2 Å². The van der Waals surface area contributed by atoms with E-state index >= 15 is 0 Å². The normalized spacial score (nSPS) is 14.7. The maximum Gasteiger partial charge on any atom is 0.132 e. The van der Waals surface area contributed by atoms with E-state index in [0.29, 0.717) is 0 Å². The van der Waals surface area contributed by atoms with E-state index in [9.17, 15) is 0 Å². The topological polar surface area (TPSA) is 55.0 Å². The molecule has 0 radical (unpaired) electrons. The molecule has 4 nitrogen and oxygen atoms in total. The summed E-state index contributed by atoms with van der Waals surface area (Å²) in [6.07, 6.45) is 2.35. The third-order valence-corrected chi connectivity index (χ3v) is 3.73. The van der Waals surface area contributed by atoms with E-state index in [1.807, 2.05) is 0 Å². The monoisotopic (exact) mass is 246 g/mol. The molecule has 3 rings (SSSR count). The molecular weight excluding hydrogens is 232 g/mol. The van der Waals surface area contributed by atoms with Gasteiger partial charge < -0.3 is 10.6 Å². The van der Waals surface area contributed by atoms with Gasteiger partial charge in [-0.15, -0.1) is 5.10 Å². The number of rotatable bonds is 2. The molecule has 1 aliphatic rings. The van der Waals surface area contributed by atoms with Crippen LogP contribution in [0.3, 0.4) is 0 Å². The molecule has 0 spiro atoms. The highest BCUT2D eigenvalue weighted by molar-refractivity contribution is 7.09. The molecule has 0 saturated carbocycles. The van der Waals surface area contributed by atoms with Gasteiger partial charge in [-0.05, 0) is 24.5 Å². The van der Waals surface area contributed by atoms with Gasteiger partial charge in [0.2, 0.25) is 0 Å². The fraction of sp³-hybridized carbons (Fsp3) is 0.333. The van der Waals surface area contributed by atoms with Crippen molar-refractivity contribution in [3.8, 4) is 0 Å². The Balaban J connectivity index is 1.88. The number of nitrogens with two attached hydrogens (primary N) is 1. The lowest BCUT2D eigenvalue weighted by Gasteiger charge is -2.30. The molecule has 0 saturated heterocycles. The number of nitrogen functional groups attached to an aromatic ring is 1. The van der Waals surface area contributed by atoms with Crippen molar-refractivity contribution < 1.29 is 0 Å². The number of aryl methyl sites for hydroxylation is 1. The molecule has 17 heavy (non-hydrogen) atoms. The minimum atomic E-state index is 0.730. The zero-order chi connectivity index (χ0) is 11.7. The van der Waals surface area contributed by atoms with Crippen LogP contribution in [-0.4, -0.2) is 16.1 Å². The number of hydrogen-bond acceptors (Lipinski definition) is 5. The summed E-state index contributed by atoms with van der Waals surface area (Å²) in [4.78, 5) is 2.34. The van der Waals surface area contributed by atoms with Gasteiger partial charge in [-0.2, -0.15) is 0 Å². The lowest BCUT2D eigenvalue weighted by Crippen LogP contribution is -2.29. The van der Waals surface area contributed by atoms with Gasteiger partial charge in [0.1, 0.15) is 10.7 Å². The molecule has 2 aromatic rings. The van der Waals surface area contributed by atoms with E-state index < -0.39 is 0 Å². The van der Waals surface area contributed by atoms with Crippen LogP contribution >= 0.6 is 11.5 Å². The third kappa shape index (κ3) is 1.98. The predicted molar refractivity (Wildman–Crippen MR) is 70.1 cm³/mol. The summed E-state index contributed by atoms with van der Waals surface area (Å²) in [5.41, 5.74) is 9.47. The highest BCUT2D eigenvalue weighted by Crippen LogP contribution is 2.28. The second-order valence-electron chi connectivity index (χ2n) is 4.24. The van der Waals surface area contributed by atoms with E-state index in [2.05, 4.69) is 38.8 Å². The van der Waals surface area contributed by atoms with Crippen LogP contribution in [0.1, 0.15) is 17.7 Å². The van der Waals surface area contributed by atoms with E-state index in [1.54, 1.807) is 0 Å². The standard InChI is InChI=1S/C12H14N4S/c13-12-10(14-15-17-12)8-16-7-3-5-9-4-1-2-6-11(9)16/h1-2,4,6H,3,5,7-8,13H2. The second-order valence-corrected chi connectivity index (χ2v) is 5.02. The molecular formula is C12H14N4S. The Bertz CT molecular complexity index is 523. The van der Waals surface area contributed by atoms with Gasteiger partial charge >= 0.3 is 0 Å². The molecule has 0 atom stereocenters. The Hall–Kier alpha value is -1.62. The van der Waals surface area contributed by atoms with Crippen molar-refractivity contribution in [1.29, 1.82) is 0 Å². The van der Waals surface area contributed by atoms with Crippen LogP contribution in [0.4, 0.5) is 10.7 Å². The molecule has 2 N–H and O–H groups in total. The summed E-state index contributed by atoms with van der Waals surface area (Å²) in [6, 6.07) is 8.55. The highest BCUT2D eigenvalue weighted by Gasteiger charge is 2.18. The van der Waals surface area contributed by atoms with E-state index in [-0.39, 0.29) is 0 Å². The van der Waals surface area contributed by atoms with Gasteiger partial charge in [0, 0.05) is 23.8 Å². The first-order valence-corrected chi connectivity index (χ1v) is 6.51. The number of anilines is 2. The Morgan fingerprint density at radius 2 is 2.24 bits per heavy atom. The largest absolute Gasteiger partial charge is 0.388 e. The summed E-state index contributed by atoms with van der Waals surface area (Å²) >= 11 is 1.26. The lowest BCUT2D eigenvalue weighted by molar-refractivity contribution is 0.683. The number of hydrogen-bond donors (Lipinski definition) is 1. The molecule has 0 fully saturated rings. The smallest absolute Gasteiger partial charge is 0.132 e. The van der Waals surface area contributed by atoms with Gasteiger partial charge in [0.25, 0.3) is 0 Å². The SMILES string of the molecule is Nc1snnc1CN1CCCc2ccccc21. The molecule has 0 aliphatic carbocycles. The van der Waals surface area contributed by atoms with Crippen molar-refractivity contribution in [3.63, 3.8) is 0 Å². The number of para-hydroxylation sites is 1. The number of fused-ring (bicyclic) bond motifs is 1. The van der Waals surface area contributed by atoms with Gasteiger partial charge in [0.05, 0.1) is 6.54 Å². The second kappa shape index (κ2) is 4.33. The maximum absolute atomic E-state index is 5.84. The van der Waals surface area contributed by atoms with E-state index in [4.69, 9.17) is 5.73 Å². The first-order valence-electron chi connectivity index (χ1n) is 5.74. The Morgan fingerprint density at radius 1 is 1.35 bits per heavy atom. The van der Waals surface area contributed by atoms with Crippen LogP contribution in [0.2, 0.25) is 0 Å². The van der Waals surface area contributed by atoms with Gasteiger partial charge in [-0.1, -0.05) is 22.7 Å². The molecule has 0 unspecified atom stereocenters. The van der Waals surface area contributed by atoms with Crippen molar-refractivity contribution >= 4 is 22.2 Å². The first kappa shape index (κ1) is 10.5. The Labute approximate surface area is 104 Å². The lowest BCUT2D eigenvalue weighted by atomic mass is 10.0. The third-order valence-electron chi connectivity index (χ3n) is 3.13. The molecule has 2 heterocycles. The average Bonchev–Trinajstić information content (AvgIpc) is 2.76. The zero-order valence-corrected chi connectivity index (χ0v) is 10.3. The van der Waals surface area contributed by atoms with Crippen LogP contribution in [-0.2, 0) is 13.0 Å². The van der Waals surface area contributed by atoms with Crippen molar-refractivity contribution in [2.24, 2.45) is 0 Å². The van der Waals surface area contributed by atoms with Crippen LogP contribution in [0.25, 0.3) is 0 Å². The number of benzene rings is 1. The highest BCUT2D eigenvalue weighted by atomic mass is 32.1. The number of nitrogens with zero attached hydrogens (tertiary/aromatic N) is 3. The minimum absolute atomic E-state index is 0.730. The van der Waals surface area contributed by atoms with Crippen LogP contribution in [0.5, 0.6) is 0 Å². The summed E-state index contributed by atoms with van der Waals surface area (Å²) in [7, 11) is 0.